The Bertz CT molecular complexity index is 823. The maximum Gasteiger partial charge on any atom is 0.312 e. The first-order valence-corrected chi connectivity index (χ1v) is 8.72. The molecular formula is C18H22N4O3. The van der Waals surface area contributed by atoms with Crippen molar-refractivity contribution in [2.45, 2.75) is 32.3 Å². The highest BCUT2D eigenvalue weighted by Gasteiger charge is 2.49. The number of rotatable bonds is 3. The average Bonchev–Trinajstić information content (AvgIpc) is 3.19. The second-order valence-corrected chi connectivity index (χ2v) is 7.06. The van der Waals surface area contributed by atoms with Gasteiger partial charge in [0.1, 0.15) is 6.10 Å². The number of carbonyl (C=O) groups is 2. The Morgan fingerprint density at radius 1 is 1.40 bits per heavy atom. The number of carbonyl (C=O) groups excluding carboxylic acids is 2. The first-order valence-electron chi connectivity index (χ1n) is 8.72. The molecule has 0 aliphatic carbocycles. The molecule has 1 aromatic carbocycles. The van der Waals surface area contributed by atoms with Crippen LogP contribution in [0.4, 0.5) is 0 Å². The number of aromatic amines is 1. The first kappa shape index (κ1) is 16.1. The third kappa shape index (κ3) is 2.78. The van der Waals surface area contributed by atoms with Crippen LogP contribution in [-0.4, -0.2) is 47.8 Å². The minimum atomic E-state index is -0.360. The Balaban J connectivity index is 1.45. The topological polar surface area (TPSA) is 96.1 Å². The van der Waals surface area contributed by atoms with Gasteiger partial charge in [-0.3, -0.25) is 14.7 Å². The monoisotopic (exact) mass is 342 g/mol. The van der Waals surface area contributed by atoms with E-state index in [9.17, 15) is 9.59 Å². The quantitative estimate of drug-likeness (QED) is 0.731. The average molecular weight is 342 g/mol. The summed E-state index contributed by atoms with van der Waals surface area (Å²) in [5.74, 6) is -0.270. The molecule has 0 saturated carbocycles. The van der Waals surface area contributed by atoms with Gasteiger partial charge in [0, 0.05) is 11.8 Å². The molecular weight excluding hydrogens is 320 g/mol. The van der Waals surface area contributed by atoms with Gasteiger partial charge in [-0.15, -0.1) is 0 Å². The molecule has 7 heteroatoms. The highest BCUT2D eigenvalue weighted by Crippen LogP contribution is 2.41. The molecule has 1 atom stereocenters. The minimum absolute atomic E-state index is 0.110. The SMILES string of the molecule is Cc1ccc2[nH]ncc2c1C(=O)NCC1CC2(CCNCC2)C(=O)O1. The normalized spacial score (nSPS) is 22.3. The van der Waals surface area contributed by atoms with E-state index in [1.807, 2.05) is 19.1 Å². The molecule has 3 heterocycles. The van der Waals surface area contributed by atoms with E-state index in [1.54, 1.807) is 6.20 Å². The number of piperidine rings is 1. The van der Waals surface area contributed by atoms with Crippen LogP contribution in [-0.2, 0) is 9.53 Å². The van der Waals surface area contributed by atoms with Crippen molar-refractivity contribution >= 4 is 22.8 Å². The molecule has 1 aromatic heterocycles. The number of hydrogen-bond acceptors (Lipinski definition) is 5. The predicted molar refractivity (Wildman–Crippen MR) is 92.2 cm³/mol. The minimum Gasteiger partial charge on any atom is -0.460 e. The largest absolute Gasteiger partial charge is 0.460 e. The van der Waals surface area contributed by atoms with Gasteiger partial charge in [0.2, 0.25) is 0 Å². The molecule has 1 unspecified atom stereocenters. The van der Waals surface area contributed by atoms with Gasteiger partial charge in [0.25, 0.3) is 5.91 Å². The number of esters is 1. The van der Waals surface area contributed by atoms with E-state index in [-0.39, 0.29) is 23.4 Å². The van der Waals surface area contributed by atoms with Crippen LogP contribution >= 0.6 is 0 Å². The Morgan fingerprint density at radius 3 is 3.00 bits per heavy atom. The summed E-state index contributed by atoms with van der Waals surface area (Å²) in [6.07, 6.45) is 3.71. The Hall–Kier alpha value is -2.41. The summed E-state index contributed by atoms with van der Waals surface area (Å²) in [6, 6.07) is 3.81. The number of fused-ring (bicyclic) bond motifs is 1. The van der Waals surface area contributed by atoms with Crippen molar-refractivity contribution in [1.82, 2.24) is 20.8 Å². The second kappa shape index (κ2) is 6.15. The number of ether oxygens (including phenoxy) is 1. The van der Waals surface area contributed by atoms with Crippen molar-refractivity contribution < 1.29 is 14.3 Å². The first-order chi connectivity index (χ1) is 12.1. The van der Waals surface area contributed by atoms with Crippen LogP contribution in [0.25, 0.3) is 10.9 Å². The molecule has 7 nitrogen and oxygen atoms in total. The van der Waals surface area contributed by atoms with Crippen molar-refractivity contribution in [1.29, 1.82) is 0 Å². The van der Waals surface area contributed by atoms with Crippen LogP contribution in [0.5, 0.6) is 0 Å². The number of amides is 1. The fourth-order valence-electron chi connectivity index (χ4n) is 3.99. The number of aromatic nitrogens is 2. The van der Waals surface area contributed by atoms with Crippen molar-refractivity contribution in [3.05, 3.63) is 29.5 Å². The lowest BCUT2D eigenvalue weighted by molar-refractivity contribution is -0.149. The number of H-pyrrole nitrogens is 1. The van der Waals surface area contributed by atoms with Crippen LogP contribution < -0.4 is 10.6 Å². The van der Waals surface area contributed by atoms with Crippen LogP contribution in [0.15, 0.2) is 18.3 Å². The summed E-state index contributed by atoms with van der Waals surface area (Å²) in [4.78, 5) is 25.0. The van der Waals surface area contributed by atoms with E-state index in [0.29, 0.717) is 18.5 Å². The number of aryl methyl sites for hydroxylation is 1. The Morgan fingerprint density at radius 2 is 2.20 bits per heavy atom. The molecule has 2 fully saturated rings. The molecule has 2 aromatic rings. The van der Waals surface area contributed by atoms with E-state index in [4.69, 9.17) is 4.74 Å². The molecule has 4 rings (SSSR count). The summed E-state index contributed by atoms with van der Waals surface area (Å²) >= 11 is 0. The fourth-order valence-corrected chi connectivity index (χ4v) is 3.99. The van der Waals surface area contributed by atoms with Crippen molar-refractivity contribution in [3.8, 4) is 0 Å². The fraction of sp³-hybridized carbons (Fsp3) is 0.500. The zero-order valence-electron chi connectivity index (χ0n) is 14.2. The molecule has 2 saturated heterocycles. The zero-order valence-corrected chi connectivity index (χ0v) is 14.2. The van der Waals surface area contributed by atoms with Crippen LogP contribution in [0.2, 0.25) is 0 Å². The van der Waals surface area contributed by atoms with Gasteiger partial charge in [-0.1, -0.05) is 6.07 Å². The van der Waals surface area contributed by atoms with Gasteiger partial charge in [-0.2, -0.15) is 5.10 Å². The number of hydrogen-bond donors (Lipinski definition) is 3. The van der Waals surface area contributed by atoms with Crippen LogP contribution in [0, 0.1) is 12.3 Å². The van der Waals surface area contributed by atoms with E-state index in [0.717, 1.165) is 42.4 Å². The molecule has 0 bridgehead atoms. The standard InChI is InChI=1S/C18H22N4O3/c1-11-2-3-14-13(10-21-22-14)15(11)16(23)20-9-12-8-18(17(24)25-12)4-6-19-7-5-18/h2-3,10,12,19H,4-9H2,1H3,(H,20,23)(H,21,22). The molecule has 25 heavy (non-hydrogen) atoms. The van der Waals surface area contributed by atoms with Crippen molar-refractivity contribution in [3.63, 3.8) is 0 Å². The van der Waals surface area contributed by atoms with E-state index in [1.165, 1.54) is 0 Å². The van der Waals surface area contributed by atoms with Gasteiger partial charge in [0.15, 0.2) is 0 Å². The van der Waals surface area contributed by atoms with Gasteiger partial charge in [-0.25, -0.2) is 0 Å². The van der Waals surface area contributed by atoms with Crippen molar-refractivity contribution in [2.75, 3.05) is 19.6 Å². The lowest BCUT2D eigenvalue weighted by Gasteiger charge is -2.29. The van der Waals surface area contributed by atoms with Crippen LogP contribution in [0.3, 0.4) is 0 Å². The van der Waals surface area contributed by atoms with Gasteiger partial charge in [0.05, 0.1) is 29.2 Å². The molecule has 1 spiro atoms. The molecule has 2 aliphatic heterocycles. The highest BCUT2D eigenvalue weighted by atomic mass is 16.6. The zero-order chi connectivity index (χ0) is 17.4. The number of cyclic esters (lactones) is 1. The van der Waals surface area contributed by atoms with Gasteiger partial charge < -0.3 is 15.4 Å². The smallest absolute Gasteiger partial charge is 0.312 e. The summed E-state index contributed by atoms with van der Waals surface area (Å²) < 4.78 is 5.54. The van der Waals surface area contributed by atoms with Crippen LogP contribution in [0.1, 0.15) is 35.2 Å². The van der Waals surface area contributed by atoms with Crippen molar-refractivity contribution in [2.24, 2.45) is 5.41 Å². The lowest BCUT2D eigenvalue weighted by atomic mass is 9.76. The molecule has 0 radical (unpaired) electrons. The highest BCUT2D eigenvalue weighted by molar-refractivity contribution is 6.07. The number of benzene rings is 1. The maximum atomic E-state index is 12.7. The van der Waals surface area contributed by atoms with E-state index >= 15 is 0 Å². The summed E-state index contributed by atoms with van der Waals surface area (Å²) in [5.41, 5.74) is 1.98. The van der Waals surface area contributed by atoms with Gasteiger partial charge >= 0.3 is 5.97 Å². The Labute approximate surface area is 145 Å². The maximum absolute atomic E-state index is 12.7. The summed E-state index contributed by atoms with van der Waals surface area (Å²) in [7, 11) is 0. The summed E-state index contributed by atoms with van der Waals surface area (Å²) in [5, 5.41) is 13.9. The molecule has 132 valence electrons. The lowest BCUT2D eigenvalue weighted by Crippen LogP contribution is -2.39. The second-order valence-electron chi connectivity index (χ2n) is 7.06. The number of nitrogens with zero attached hydrogens (tertiary/aromatic N) is 1. The molecule has 2 aliphatic rings. The third-order valence-electron chi connectivity index (χ3n) is 5.44. The third-order valence-corrected chi connectivity index (χ3v) is 5.44. The predicted octanol–water partition coefficient (Wildman–Crippen LogP) is 1.29. The molecule has 1 amide bonds. The van der Waals surface area contributed by atoms with E-state index in [2.05, 4.69) is 20.8 Å². The Kier molecular flexibility index (Phi) is 3.95. The van der Waals surface area contributed by atoms with Gasteiger partial charge in [-0.05, 0) is 44.5 Å². The number of nitrogens with one attached hydrogen (secondary N) is 3. The summed E-state index contributed by atoms with van der Waals surface area (Å²) in [6.45, 7) is 3.93. The van der Waals surface area contributed by atoms with E-state index < -0.39 is 0 Å². The molecule has 3 N–H and O–H groups in total.